The fraction of sp³-hybridized carbons (Fsp3) is 0.750. The first-order chi connectivity index (χ1) is 11.2. The molecular weight excluding hydrogens is 294 g/mol. The van der Waals surface area contributed by atoms with Crippen molar-refractivity contribution in [3.63, 3.8) is 0 Å². The molecule has 4 heterocycles. The molecule has 0 unspecified atom stereocenters. The zero-order valence-corrected chi connectivity index (χ0v) is 13.4. The van der Waals surface area contributed by atoms with E-state index >= 15 is 0 Å². The Kier molecular flexibility index (Phi) is 4.09. The van der Waals surface area contributed by atoms with E-state index in [1.807, 2.05) is 10.7 Å². The molecule has 1 amide bonds. The highest BCUT2D eigenvalue weighted by Crippen LogP contribution is 2.22. The SMILES string of the molecule is O=C(c1cc2n(n1)CCNC2)N1C[C@H](O)[C@@H](N2CCCCC2)C1. The first kappa shape index (κ1) is 15.1. The summed E-state index contributed by atoms with van der Waals surface area (Å²) in [4.78, 5) is 16.9. The van der Waals surface area contributed by atoms with Crippen LogP contribution in [0.3, 0.4) is 0 Å². The van der Waals surface area contributed by atoms with Gasteiger partial charge in [0, 0.05) is 26.2 Å². The average Bonchev–Trinajstić information content (AvgIpc) is 3.18. The van der Waals surface area contributed by atoms with Gasteiger partial charge in [0.2, 0.25) is 0 Å². The number of carbonyl (C=O) groups is 1. The van der Waals surface area contributed by atoms with Gasteiger partial charge in [-0.25, -0.2) is 0 Å². The van der Waals surface area contributed by atoms with E-state index in [0.717, 1.165) is 38.4 Å². The predicted octanol–water partition coefficient (Wildman–Crippen LogP) is -0.342. The van der Waals surface area contributed by atoms with Crippen molar-refractivity contribution in [2.75, 3.05) is 32.7 Å². The van der Waals surface area contributed by atoms with E-state index < -0.39 is 6.10 Å². The molecule has 2 N–H and O–H groups in total. The Bertz CT molecular complexity index is 558. The van der Waals surface area contributed by atoms with Gasteiger partial charge in [0.15, 0.2) is 5.69 Å². The Morgan fingerprint density at radius 3 is 2.83 bits per heavy atom. The number of rotatable bonds is 2. The van der Waals surface area contributed by atoms with Crippen molar-refractivity contribution in [2.45, 2.75) is 44.5 Å². The molecule has 1 aromatic heterocycles. The Labute approximate surface area is 136 Å². The topological polar surface area (TPSA) is 73.6 Å². The molecule has 0 radical (unpaired) electrons. The second-order valence-electron chi connectivity index (χ2n) is 6.86. The van der Waals surface area contributed by atoms with Crippen molar-refractivity contribution >= 4 is 5.91 Å². The van der Waals surface area contributed by atoms with Crippen LogP contribution in [0.5, 0.6) is 0 Å². The van der Waals surface area contributed by atoms with Gasteiger partial charge in [-0.3, -0.25) is 14.4 Å². The lowest BCUT2D eigenvalue weighted by molar-refractivity contribution is 0.0702. The van der Waals surface area contributed by atoms with Crippen molar-refractivity contribution in [2.24, 2.45) is 0 Å². The summed E-state index contributed by atoms with van der Waals surface area (Å²) in [5.41, 5.74) is 1.57. The molecule has 3 aliphatic rings. The minimum absolute atomic E-state index is 0.0505. The van der Waals surface area contributed by atoms with Crippen LogP contribution in [0, 0.1) is 0 Å². The molecule has 0 bridgehead atoms. The predicted molar refractivity (Wildman–Crippen MR) is 85.1 cm³/mol. The fourth-order valence-corrected chi connectivity index (χ4v) is 4.00. The summed E-state index contributed by atoms with van der Waals surface area (Å²) < 4.78 is 1.92. The molecule has 4 rings (SSSR count). The van der Waals surface area contributed by atoms with Gasteiger partial charge in [-0.15, -0.1) is 0 Å². The lowest BCUT2D eigenvalue weighted by Gasteiger charge is -2.33. The zero-order valence-electron chi connectivity index (χ0n) is 13.4. The molecule has 0 saturated carbocycles. The Morgan fingerprint density at radius 1 is 1.22 bits per heavy atom. The van der Waals surface area contributed by atoms with Gasteiger partial charge in [0.1, 0.15) is 0 Å². The van der Waals surface area contributed by atoms with Crippen molar-refractivity contribution in [1.82, 2.24) is 24.9 Å². The molecule has 126 valence electrons. The molecule has 0 aliphatic carbocycles. The van der Waals surface area contributed by atoms with E-state index in [-0.39, 0.29) is 11.9 Å². The summed E-state index contributed by atoms with van der Waals surface area (Å²) in [6, 6.07) is 1.97. The van der Waals surface area contributed by atoms with E-state index in [4.69, 9.17) is 0 Å². The van der Waals surface area contributed by atoms with Crippen LogP contribution in [0.15, 0.2) is 6.07 Å². The number of piperidine rings is 1. The Hall–Kier alpha value is -1.44. The second kappa shape index (κ2) is 6.22. The highest BCUT2D eigenvalue weighted by Gasteiger charge is 2.38. The molecular formula is C16H25N5O2. The van der Waals surface area contributed by atoms with E-state index in [9.17, 15) is 9.90 Å². The third-order valence-electron chi connectivity index (χ3n) is 5.29. The first-order valence-corrected chi connectivity index (χ1v) is 8.71. The Balaban J connectivity index is 1.45. The number of aliphatic hydroxyl groups is 1. The van der Waals surface area contributed by atoms with Gasteiger partial charge >= 0.3 is 0 Å². The molecule has 7 nitrogen and oxygen atoms in total. The monoisotopic (exact) mass is 319 g/mol. The normalized spacial score (nSPS) is 28.8. The molecule has 7 heteroatoms. The maximum absolute atomic E-state index is 12.7. The largest absolute Gasteiger partial charge is 0.390 e. The smallest absolute Gasteiger partial charge is 0.274 e. The highest BCUT2D eigenvalue weighted by atomic mass is 16.3. The number of likely N-dealkylation sites (tertiary alicyclic amines) is 2. The van der Waals surface area contributed by atoms with Crippen LogP contribution in [0.25, 0.3) is 0 Å². The van der Waals surface area contributed by atoms with Crippen LogP contribution in [0.4, 0.5) is 0 Å². The maximum Gasteiger partial charge on any atom is 0.274 e. The fourth-order valence-electron chi connectivity index (χ4n) is 4.00. The van der Waals surface area contributed by atoms with Crippen molar-refractivity contribution in [1.29, 1.82) is 0 Å². The van der Waals surface area contributed by atoms with Crippen LogP contribution in [-0.2, 0) is 13.1 Å². The Morgan fingerprint density at radius 2 is 2.04 bits per heavy atom. The van der Waals surface area contributed by atoms with Gasteiger partial charge in [0.05, 0.1) is 24.4 Å². The number of β-amino-alcohol motifs (C(OH)–C–C–N with tert-alkyl or cyclic N) is 1. The maximum atomic E-state index is 12.7. The highest BCUT2D eigenvalue weighted by molar-refractivity contribution is 5.92. The van der Waals surface area contributed by atoms with Crippen LogP contribution < -0.4 is 5.32 Å². The van der Waals surface area contributed by atoms with Gasteiger partial charge < -0.3 is 15.3 Å². The number of nitrogens with zero attached hydrogens (tertiary/aromatic N) is 4. The molecule has 0 aromatic carbocycles. The third kappa shape index (κ3) is 2.88. The van der Waals surface area contributed by atoms with Gasteiger partial charge in [-0.2, -0.15) is 5.10 Å². The number of hydrogen-bond donors (Lipinski definition) is 2. The van der Waals surface area contributed by atoms with E-state index in [2.05, 4.69) is 15.3 Å². The van der Waals surface area contributed by atoms with Crippen molar-refractivity contribution in [3.8, 4) is 0 Å². The first-order valence-electron chi connectivity index (χ1n) is 8.71. The number of aromatic nitrogens is 2. The van der Waals surface area contributed by atoms with Crippen molar-refractivity contribution in [3.05, 3.63) is 17.5 Å². The number of nitrogens with one attached hydrogen (secondary N) is 1. The summed E-state index contributed by atoms with van der Waals surface area (Å²) in [6.07, 6.45) is 3.21. The number of aliphatic hydroxyl groups excluding tert-OH is 1. The number of carbonyl (C=O) groups excluding carboxylic acids is 1. The van der Waals surface area contributed by atoms with Crippen molar-refractivity contribution < 1.29 is 9.90 Å². The summed E-state index contributed by atoms with van der Waals surface area (Å²) in [6.45, 7) is 5.56. The average molecular weight is 319 g/mol. The standard InChI is InChI=1S/C16H25N5O2/c22-15-11-20(10-14(15)19-5-2-1-3-6-19)16(23)13-8-12-9-17-4-7-21(12)18-13/h8,14-15,17,22H,1-7,9-11H2/t14-,15-/m0/s1. The second-order valence-corrected chi connectivity index (χ2v) is 6.86. The number of fused-ring (bicyclic) bond motifs is 1. The summed E-state index contributed by atoms with van der Waals surface area (Å²) in [5, 5.41) is 18.1. The molecule has 3 aliphatic heterocycles. The minimum Gasteiger partial charge on any atom is -0.390 e. The number of amides is 1. The quantitative estimate of drug-likeness (QED) is 0.780. The molecule has 0 spiro atoms. The van der Waals surface area contributed by atoms with E-state index in [0.29, 0.717) is 18.8 Å². The van der Waals surface area contributed by atoms with Gasteiger partial charge in [-0.1, -0.05) is 6.42 Å². The molecule has 1 aromatic rings. The third-order valence-corrected chi connectivity index (χ3v) is 5.29. The van der Waals surface area contributed by atoms with Gasteiger partial charge in [0.25, 0.3) is 5.91 Å². The molecule has 2 saturated heterocycles. The van der Waals surface area contributed by atoms with Gasteiger partial charge in [-0.05, 0) is 32.0 Å². The summed E-state index contributed by atoms with van der Waals surface area (Å²) in [7, 11) is 0. The zero-order chi connectivity index (χ0) is 15.8. The molecule has 2 atom stereocenters. The minimum atomic E-state index is -0.448. The summed E-state index contributed by atoms with van der Waals surface area (Å²) >= 11 is 0. The lowest BCUT2D eigenvalue weighted by Crippen LogP contribution is -2.46. The molecule has 2 fully saturated rings. The number of hydrogen-bond acceptors (Lipinski definition) is 5. The summed E-state index contributed by atoms with van der Waals surface area (Å²) in [5.74, 6) is -0.0505. The van der Waals surface area contributed by atoms with Crippen LogP contribution in [0.2, 0.25) is 0 Å². The van der Waals surface area contributed by atoms with Crippen LogP contribution in [0.1, 0.15) is 35.4 Å². The molecule has 23 heavy (non-hydrogen) atoms. The lowest BCUT2D eigenvalue weighted by atomic mass is 10.1. The van der Waals surface area contributed by atoms with E-state index in [1.54, 1.807) is 4.90 Å². The van der Waals surface area contributed by atoms with E-state index in [1.165, 1.54) is 19.3 Å². The van der Waals surface area contributed by atoms with Crippen LogP contribution in [-0.4, -0.2) is 75.5 Å². The van der Waals surface area contributed by atoms with Crippen LogP contribution >= 0.6 is 0 Å².